The third-order valence-corrected chi connectivity index (χ3v) is 4.92. The minimum absolute atomic E-state index is 0.400. The maximum absolute atomic E-state index is 6.37. The molecule has 0 bridgehead atoms. The van der Waals surface area contributed by atoms with Crippen LogP contribution < -0.4 is 5.32 Å². The molecule has 2 unspecified atom stereocenters. The van der Waals surface area contributed by atoms with Gasteiger partial charge < -0.3 is 5.32 Å². The number of benzene rings is 1. The molecular weight excluding hydrogens is 270 g/mol. The molecule has 1 aromatic heterocycles. The van der Waals surface area contributed by atoms with Gasteiger partial charge in [-0.15, -0.1) is 0 Å². The number of likely N-dealkylation sites (N-methyl/N-ethyl adjacent to an activating group) is 1. The van der Waals surface area contributed by atoms with Crippen LogP contribution in [-0.4, -0.2) is 22.9 Å². The van der Waals surface area contributed by atoms with E-state index in [1.807, 2.05) is 25.7 Å². The van der Waals surface area contributed by atoms with E-state index in [0.717, 1.165) is 29.3 Å². The minimum Gasteiger partial charge on any atom is -0.316 e. The van der Waals surface area contributed by atoms with Crippen molar-refractivity contribution in [2.45, 2.75) is 31.7 Å². The fourth-order valence-electron chi connectivity index (χ4n) is 3.21. The van der Waals surface area contributed by atoms with Gasteiger partial charge in [0, 0.05) is 25.4 Å². The second kappa shape index (κ2) is 5.23. The summed E-state index contributed by atoms with van der Waals surface area (Å²) in [5, 5.41) is 8.67. The molecule has 4 heteroatoms. The summed E-state index contributed by atoms with van der Waals surface area (Å²) >= 11 is 6.37. The van der Waals surface area contributed by atoms with Crippen molar-refractivity contribution in [1.82, 2.24) is 15.1 Å². The molecule has 0 saturated carbocycles. The average molecular weight is 290 g/mol. The number of halogens is 1. The lowest BCUT2D eigenvalue weighted by Gasteiger charge is -2.36. The predicted octanol–water partition coefficient (Wildman–Crippen LogP) is 2.85. The summed E-state index contributed by atoms with van der Waals surface area (Å²) in [6, 6.07) is 9.10. The standard InChI is InChI=1S/C16H20ClN3/c1-10-16(17)15(20(3)19-10)9-14(18-2)13-8-11-6-4-5-7-12(11)13/h4-7,13-14,18H,8-9H2,1-3H3. The molecule has 0 radical (unpaired) electrons. The monoisotopic (exact) mass is 289 g/mol. The third kappa shape index (κ3) is 2.15. The van der Waals surface area contributed by atoms with Crippen LogP contribution in [0.15, 0.2) is 24.3 Å². The first-order chi connectivity index (χ1) is 9.61. The molecule has 1 N–H and O–H groups in total. The Hall–Kier alpha value is -1.32. The van der Waals surface area contributed by atoms with Crippen LogP contribution in [0.3, 0.4) is 0 Å². The van der Waals surface area contributed by atoms with E-state index in [0.29, 0.717) is 12.0 Å². The number of aryl methyl sites for hydroxylation is 2. The molecule has 3 nitrogen and oxygen atoms in total. The first-order valence-electron chi connectivity index (χ1n) is 7.05. The molecule has 1 aliphatic rings. The molecule has 2 aromatic rings. The maximum atomic E-state index is 6.37. The minimum atomic E-state index is 0.400. The number of hydrogen-bond acceptors (Lipinski definition) is 2. The van der Waals surface area contributed by atoms with Crippen LogP contribution >= 0.6 is 11.6 Å². The highest BCUT2D eigenvalue weighted by Crippen LogP contribution is 2.38. The lowest BCUT2D eigenvalue weighted by Crippen LogP contribution is -2.40. The number of fused-ring (bicyclic) bond motifs is 1. The molecule has 0 saturated heterocycles. The van der Waals surface area contributed by atoms with Crippen molar-refractivity contribution in [2.24, 2.45) is 7.05 Å². The van der Waals surface area contributed by atoms with Crippen molar-refractivity contribution in [3.8, 4) is 0 Å². The Morgan fingerprint density at radius 2 is 2.20 bits per heavy atom. The van der Waals surface area contributed by atoms with Gasteiger partial charge in [-0.05, 0) is 31.5 Å². The highest BCUT2D eigenvalue weighted by molar-refractivity contribution is 6.31. The Bertz CT molecular complexity index is 633. The van der Waals surface area contributed by atoms with Gasteiger partial charge in [0.2, 0.25) is 0 Å². The van der Waals surface area contributed by atoms with Crippen LogP contribution in [0.5, 0.6) is 0 Å². The lowest BCUT2D eigenvalue weighted by molar-refractivity contribution is 0.414. The molecule has 3 rings (SSSR count). The van der Waals surface area contributed by atoms with Crippen molar-refractivity contribution in [2.75, 3.05) is 7.05 Å². The predicted molar refractivity (Wildman–Crippen MR) is 82.4 cm³/mol. The van der Waals surface area contributed by atoms with E-state index < -0.39 is 0 Å². The topological polar surface area (TPSA) is 29.9 Å². The highest BCUT2D eigenvalue weighted by atomic mass is 35.5. The van der Waals surface area contributed by atoms with Gasteiger partial charge in [0.05, 0.1) is 16.4 Å². The second-order valence-electron chi connectivity index (χ2n) is 5.58. The number of aromatic nitrogens is 2. The van der Waals surface area contributed by atoms with E-state index in [9.17, 15) is 0 Å². The quantitative estimate of drug-likeness (QED) is 0.938. The van der Waals surface area contributed by atoms with Gasteiger partial charge in [0.15, 0.2) is 0 Å². The van der Waals surface area contributed by atoms with Gasteiger partial charge in [-0.25, -0.2) is 0 Å². The van der Waals surface area contributed by atoms with Gasteiger partial charge in [-0.3, -0.25) is 4.68 Å². The van der Waals surface area contributed by atoms with Crippen molar-refractivity contribution < 1.29 is 0 Å². The van der Waals surface area contributed by atoms with E-state index in [2.05, 4.69) is 34.7 Å². The molecule has 20 heavy (non-hydrogen) atoms. The lowest BCUT2D eigenvalue weighted by atomic mass is 9.72. The fraction of sp³-hybridized carbons (Fsp3) is 0.438. The highest BCUT2D eigenvalue weighted by Gasteiger charge is 2.33. The molecule has 0 aliphatic heterocycles. The largest absolute Gasteiger partial charge is 0.316 e. The van der Waals surface area contributed by atoms with Gasteiger partial charge in [-0.1, -0.05) is 35.9 Å². The van der Waals surface area contributed by atoms with Crippen molar-refractivity contribution in [3.05, 3.63) is 51.8 Å². The van der Waals surface area contributed by atoms with E-state index in [4.69, 9.17) is 11.6 Å². The maximum Gasteiger partial charge on any atom is 0.0847 e. The summed E-state index contributed by atoms with van der Waals surface area (Å²) in [5.74, 6) is 0.572. The zero-order valence-corrected chi connectivity index (χ0v) is 12.9. The van der Waals surface area contributed by atoms with Gasteiger partial charge in [-0.2, -0.15) is 5.10 Å². The van der Waals surface area contributed by atoms with Crippen LogP contribution in [-0.2, 0) is 19.9 Å². The smallest absolute Gasteiger partial charge is 0.0847 e. The van der Waals surface area contributed by atoms with Gasteiger partial charge >= 0.3 is 0 Å². The van der Waals surface area contributed by atoms with E-state index in [-0.39, 0.29) is 0 Å². The fourth-order valence-corrected chi connectivity index (χ4v) is 3.45. The summed E-state index contributed by atoms with van der Waals surface area (Å²) in [4.78, 5) is 0. The molecule has 106 valence electrons. The first kappa shape index (κ1) is 13.7. The Kier molecular flexibility index (Phi) is 3.57. The van der Waals surface area contributed by atoms with Gasteiger partial charge in [0.25, 0.3) is 0 Å². The molecule has 1 aromatic carbocycles. The average Bonchev–Trinajstić information content (AvgIpc) is 2.65. The van der Waals surface area contributed by atoms with Crippen molar-refractivity contribution in [1.29, 1.82) is 0 Å². The van der Waals surface area contributed by atoms with Gasteiger partial charge in [0.1, 0.15) is 0 Å². The van der Waals surface area contributed by atoms with Crippen molar-refractivity contribution >= 4 is 11.6 Å². The zero-order chi connectivity index (χ0) is 14.3. The summed E-state index contributed by atoms with van der Waals surface area (Å²) < 4.78 is 1.91. The summed E-state index contributed by atoms with van der Waals surface area (Å²) in [6.07, 6.45) is 2.06. The normalized spacial score (nSPS) is 18.5. The molecular formula is C16H20ClN3. The molecule has 1 aliphatic carbocycles. The van der Waals surface area contributed by atoms with Crippen LogP contribution in [0.4, 0.5) is 0 Å². The Morgan fingerprint density at radius 1 is 1.45 bits per heavy atom. The Labute approximate surface area is 124 Å². The van der Waals surface area contributed by atoms with E-state index in [1.165, 1.54) is 11.1 Å². The number of nitrogens with zero attached hydrogens (tertiary/aromatic N) is 2. The van der Waals surface area contributed by atoms with E-state index >= 15 is 0 Å². The number of nitrogens with one attached hydrogen (secondary N) is 1. The Balaban J connectivity index is 1.83. The van der Waals surface area contributed by atoms with E-state index in [1.54, 1.807) is 0 Å². The first-order valence-corrected chi connectivity index (χ1v) is 7.42. The third-order valence-electron chi connectivity index (χ3n) is 4.43. The molecule has 0 fully saturated rings. The summed E-state index contributed by atoms with van der Waals surface area (Å²) in [6.45, 7) is 1.96. The molecule has 0 amide bonds. The number of rotatable bonds is 4. The summed E-state index contributed by atoms with van der Waals surface area (Å²) in [5.41, 5.74) is 4.98. The SMILES string of the molecule is CNC(Cc1c(Cl)c(C)nn1C)C1Cc2ccccc21. The van der Waals surface area contributed by atoms with Crippen LogP contribution in [0.25, 0.3) is 0 Å². The summed E-state index contributed by atoms with van der Waals surface area (Å²) in [7, 11) is 4.00. The molecule has 1 heterocycles. The van der Waals surface area contributed by atoms with Crippen LogP contribution in [0.1, 0.15) is 28.4 Å². The van der Waals surface area contributed by atoms with Crippen LogP contribution in [0.2, 0.25) is 5.02 Å². The second-order valence-corrected chi connectivity index (χ2v) is 5.96. The zero-order valence-electron chi connectivity index (χ0n) is 12.2. The number of hydrogen-bond donors (Lipinski definition) is 1. The van der Waals surface area contributed by atoms with Crippen molar-refractivity contribution in [3.63, 3.8) is 0 Å². The Morgan fingerprint density at radius 3 is 2.80 bits per heavy atom. The molecule has 0 spiro atoms. The van der Waals surface area contributed by atoms with Crippen LogP contribution in [0, 0.1) is 6.92 Å². The molecule has 2 atom stereocenters.